The second kappa shape index (κ2) is 6.80. The van der Waals surface area contributed by atoms with Crippen LogP contribution < -0.4 is 15.6 Å². The molecule has 0 saturated heterocycles. The molecule has 2 aromatic carbocycles. The maximum absolute atomic E-state index is 13.0. The highest BCUT2D eigenvalue weighted by Gasteiger charge is 2.28. The molecule has 1 amide bonds. The van der Waals surface area contributed by atoms with Crippen LogP contribution in [0.5, 0.6) is 0 Å². The lowest BCUT2D eigenvalue weighted by molar-refractivity contribution is -0.119. The van der Waals surface area contributed by atoms with Crippen LogP contribution in [0, 0.1) is 13.8 Å². The van der Waals surface area contributed by atoms with E-state index in [0.29, 0.717) is 11.3 Å². The number of hydrogen-bond donors (Lipinski definition) is 2. The number of nitrogens with zero attached hydrogens (tertiary/aromatic N) is 1. The quantitative estimate of drug-likeness (QED) is 0.492. The Kier molecular flexibility index (Phi) is 5.02. The molecule has 0 spiro atoms. The Morgan fingerprint density at radius 1 is 1.09 bits per heavy atom. The molecule has 0 heterocycles. The van der Waals surface area contributed by atoms with Gasteiger partial charge >= 0.3 is 0 Å². The van der Waals surface area contributed by atoms with Crippen LogP contribution in [-0.2, 0) is 14.8 Å². The molecule has 2 aromatic rings. The molecule has 0 aromatic heterocycles. The maximum Gasteiger partial charge on any atom is 0.265 e. The third kappa shape index (κ3) is 3.69. The van der Waals surface area contributed by atoms with E-state index >= 15 is 0 Å². The van der Waals surface area contributed by atoms with E-state index in [1.54, 1.807) is 49.4 Å². The SMILES string of the molecule is Cc1ccc(N(CC(=O)NN)S(=O)(=O)c2ccccc2C)cc1. The molecule has 0 aliphatic rings. The highest BCUT2D eigenvalue weighted by molar-refractivity contribution is 7.93. The van der Waals surface area contributed by atoms with Crippen molar-refractivity contribution in [3.05, 3.63) is 59.7 Å². The van der Waals surface area contributed by atoms with Gasteiger partial charge in [-0.25, -0.2) is 14.3 Å². The Morgan fingerprint density at radius 3 is 2.26 bits per heavy atom. The minimum Gasteiger partial charge on any atom is -0.293 e. The lowest BCUT2D eigenvalue weighted by atomic mass is 10.2. The number of nitrogens with two attached hydrogens (primary N) is 1. The average molecular weight is 333 g/mol. The predicted octanol–water partition coefficient (Wildman–Crippen LogP) is 1.49. The van der Waals surface area contributed by atoms with E-state index in [4.69, 9.17) is 5.84 Å². The van der Waals surface area contributed by atoms with Gasteiger partial charge in [0.2, 0.25) is 0 Å². The summed E-state index contributed by atoms with van der Waals surface area (Å²) in [4.78, 5) is 11.8. The van der Waals surface area contributed by atoms with Gasteiger partial charge in [0.1, 0.15) is 6.54 Å². The van der Waals surface area contributed by atoms with Crippen molar-refractivity contribution in [2.75, 3.05) is 10.8 Å². The lowest BCUT2D eigenvalue weighted by Gasteiger charge is -2.24. The van der Waals surface area contributed by atoms with Gasteiger partial charge in [-0.15, -0.1) is 0 Å². The van der Waals surface area contributed by atoms with Crippen LogP contribution in [0.25, 0.3) is 0 Å². The fraction of sp³-hybridized carbons (Fsp3) is 0.188. The third-order valence-electron chi connectivity index (χ3n) is 3.43. The van der Waals surface area contributed by atoms with Crippen molar-refractivity contribution in [1.29, 1.82) is 0 Å². The maximum atomic E-state index is 13.0. The fourth-order valence-corrected chi connectivity index (χ4v) is 3.82. The lowest BCUT2D eigenvalue weighted by Crippen LogP contribution is -2.43. The highest BCUT2D eigenvalue weighted by atomic mass is 32.2. The van der Waals surface area contributed by atoms with Gasteiger partial charge in [0.15, 0.2) is 0 Å². The molecule has 7 heteroatoms. The molecular weight excluding hydrogens is 314 g/mol. The summed E-state index contributed by atoms with van der Waals surface area (Å²) >= 11 is 0. The largest absolute Gasteiger partial charge is 0.293 e. The number of anilines is 1. The van der Waals surface area contributed by atoms with Crippen molar-refractivity contribution in [3.63, 3.8) is 0 Å². The molecule has 0 aliphatic carbocycles. The van der Waals surface area contributed by atoms with Gasteiger partial charge < -0.3 is 0 Å². The monoisotopic (exact) mass is 333 g/mol. The van der Waals surface area contributed by atoms with E-state index in [0.717, 1.165) is 9.87 Å². The second-order valence-corrected chi connectivity index (χ2v) is 7.01. The Bertz CT molecular complexity index is 802. The number of aryl methyl sites for hydroxylation is 2. The van der Waals surface area contributed by atoms with Crippen molar-refractivity contribution in [2.24, 2.45) is 5.84 Å². The Morgan fingerprint density at radius 2 is 1.70 bits per heavy atom. The molecule has 3 N–H and O–H groups in total. The summed E-state index contributed by atoms with van der Waals surface area (Å²) in [6, 6.07) is 13.5. The fourth-order valence-electron chi connectivity index (χ4n) is 2.17. The average Bonchev–Trinajstić information content (AvgIpc) is 2.53. The predicted molar refractivity (Wildman–Crippen MR) is 89.2 cm³/mol. The van der Waals surface area contributed by atoms with Crippen molar-refractivity contribution in [3.8, 4) is 0 Å². The number of sulfonamides is 1. The number of carbonyl (C=O) groups is 1. The minimum absolute atomic E-state index is 0.158. The van der Waals surface area contributed by atoms with E-state index in [2.05, 4.69) is 0 Å². The van der Waals surface area contributed by atoms with Gasteiger partial charge in [0.05, 0.1) is 10.6 Å². The number of hydrogen-bond acceptors (Lipinski definition) is 4. The minimum atomic E-state index is -3.89. The number of carbonyl (C=O) groups excluding carboxylic acids is 1. The van der Waals surface area contributed by atoms with Gasteiger partial charge in [-0.05, 0) is 37.6 Å². The molecule has 2 rings (SSSR count). The Hall–Kier alpha value is -2.38. The molecule has 0 unspecified atom stereocenters. The van der Waals surface area contributed by atoms with Crippen molar-refractivity contribution in [1.82, 2.24) is 5.43 Å². The van der Waals surface area contributed by atoms with Gasteiger partial charge in [-0.1, -0.05) is 35.9 Å². The molecule has 122 valence electrons. The van der Waals surface area contributed by atoms with Gasteiger partial charge in [-0.3, -0.25) is 14.5 Å². The van der Waals surface area contributed by atoms with Crippen molar-refractivity contribution >= 4 is 21.6 Å². The smallest absolute Gasteiger partial charge is 0.265 e. The number of nitrogens with one attached hydrogen (secondary N) is 1. The number of amides is 1. The van der Waals surface area contributed by atoms with Crippen LogP contribution in [-0.4, -0.2) is 20.9 Å². The molecule has 6 nitrogen and oxygen atoms in total. The summed E-state index contributed by atoms with van der Waals surface area (Å²) < 4.78 is 27.0. The summed E-state index contributed by atoms with van der Waals surface area (Å²) in [7, 11) is -3.89. The van der Waals surface area contributed by atoms with Gasteiger partial charge in [-0.2, -0.15) is 0 Å². The first-order valence-corrected chi connectivity index (χ1v) is 8.44. The summed E-state index contributed by atoms with van der Waals surface area (Å²) in [6.07, 6.45) is 0. The van der Waals surface area contributed by atoms with E-state index in [1.165, 1.54) is 6.07 Å². The van der Waals surface area contributed by atoms with Crippen molar-refractivity contribution < 1.29 is 13.2 Å². The van der Waals surface area contributed by atoms with Crippen LogP contribution in [0.15, 0.2) is 53.4 Å². The normalized spacial score (nSPS) is 11.1. The van der Waals surface area contributed by atoms with E-state index in [-0.39, 0.29) is 4.90 Å². The van der Waals surface area contributed by atoms with Gasteiger partial charge in [0, 0.05) is 0 Å². The molecule has 23 heavy (non-hydrogen) atoms. The van der Waals surface area contributed by atoms with Crippen LogP contribution in [0.4, 0.5) is 5.69 Å². The number of hydrazine groups is 1. The van der Waals surface area contributed by atoms with Crippen LogP contribution in [0.1, 0.15) is 11.1 Å². The zero-order valence-electron chi connectivity index (χ0n) is 13.0. The molecule has 0 aliphatic heterocycles. The summed E-state index contributed by atoms with van der Waals surface area (Å²) in [6.45, 7) is 3.22. The Labute approximate surface area is 135 Å². The van der Waals surface area contributed by atoms with Crippen LogP contribution >= 0.6 is 0 Å². The molecule has 0 fully saturated rings. The van der Waals surface area contributed by atoms with Gasteiger partial charge in [0.25, 0.3) is 15.9 Å². The third-order valence-corrected chi connectivity index (χ3v) is 5.37. The first-order valence-electron chi connectivity index (χ1n) is 7.00. The molecular formula is C16H19N3O3S. The molecule has 0 atom stereocenters. The summed E-state index contributed by atoms with van der Waals surface area (Å²) in [5.41, 5.74) is 3.97. The molecule has 0 bridgehead atoms. The van der Waals surface area contributed by atoms with Crippen molar-refractivity contribution in [2.45, 2.75) is 18.7 Å². The second-order valence-electron chi connectivity index (χ2n) is 5.18. The highest BCUT2D eigenvalue weighted by Crippen LogP contribution is 2.25. The summed E-state index contributed by atoms with van der Waals surface area (Å²) in [5, 5.41) is 0. The number of rotatable bonds is 5. The van der Waals surface area contributed by atoms with E-state index < -0.39 is 22.5 Å². The topological polar surface area (TPSA) is 92.5 Å². The first kappa shape index (κ1) is 17.0. The van der Waals surface area contributed by atoms with E-state index in [9.17, 15) is 13.2 Å². The summed E-state index contributed by atoms with van der Waals surface area (Å²) in [5.74, 6) is 4.52. The van der Waals surface area contributed by atoms with Crippen LogP contribution in [0.2, 0.25) is 0 Å². The zero-order valence-corrected chi connectivity index (χ0v) is 13.8. The zero-order chi connectivity index (χ0) is 17.0. The Balaban J connectivity index is 2.54. The van der Waals surface area contributed by atoms with E-state index in [1.807, 2.05) is 12.3 Å². The molecule has 0 saturated carbocycles. The molecule has 0 radical (unpaired) electrons. The number of benzene rings is 2. The van der Waals surface area contributed by atoms with Crippen LogP contribution in [0.3, 0.4) is 0 Å². The first-order chi connectivity index (χ1) is 10.9. The standard InChI is InChI=1S/C16H19N3O3S/c1-12-7-9-14(10-8-12)19(11-16(20)18-17)23(21,22)15-6-4-3-5-13(15)2/h3-10H,11,17H2,1-2H3,(H,18,20).